The van der Waals surface area contributed by atoms with Crippen LogP contribution in [-0.2, 0) is 22.7 Å². The summed E-state index contributed by atoms with van der Waals surface area (Å²) in [7, 11) is 0. The van der Waals surface area contributed by atoms with Gasteiger partial charge in [0.15, 0.2) is 0 Å². The molecule has 0 unspecified atom stereocenters. The second-order valence-corrected chi connectivity index (χ2v) is 7.03. The first-order valence-electron chi connectivity index (χ1n) is 9.41. The third-order valence-electron chi connectivity index (χ3n) is 4.79. The van der Waals surface area contributed by atoms with E-state index in [0.717, 1.165) is 17.5 Å². The molecule has 0 aromatic heterocycles. The van der Waals surface area contributed by atoms with Gasteiger partial charge in [-0.1, -0.05) is 37.3 Å². The van der Waals surface area contributed by atoms with Crippen molar-refractivity contribution in [2.45, 2.75) is 33.4 Å². The third-order valence-corrected chi connectivity index (χ3v) is 4.79. The highest BCUT2D eigenvalue weighted by atomic mass is 16.5. The quantitative estimate of drug-likeness (QED) is 0.748. The zero-order valence-electron chi connectivity index (χ0n) is 15.8. The Morgan fingerprint density at radius 1 is 1.11 bits per heavy atom. The molecule has 1 fully saturated rings. The average molecular weight is 366 g/mol. The van der Waals surface area contributed by atoms with Crippen molar-refractivity contribution in [3.05, 3.63) is 65.2 Å². The van der Waals surface area contributed by atoms with Gasteiger partial charge >= 0.3 is 0 Å². The SMILES string of the molecule is CCOCc1ccc(CNC(=O)c2cccc(NC(=O)[C@@H]3C[C@H]3C)c2)cc1. The molecule has 1 saturated carbocycles. The summed E-state index contributed by atoms with van der Waals surface area (Å²) in [6.07, 6.45) is 0.940. The van der Waals surface area contributed by atoms with Crippen LogP contribution in [0, 0.1) is 11.8 Å². The van der Waals surface area contributed by atoms with Crippen LogP contribution in [0.5, 0.6) is 0 Å². The summed E-state index contributed by atoms with van der Waals surface area (Å²) in [5.74, 6) is 0.432. The summed E-state index contributed by atoms with van der Waals surface area (Å²) >= 11 is 0. The molecule has 0 heterocycles. The van der Waals surface area contributed by atoms with Crippen LogP contribution in [0.1, 0.15) is 41.8 Å². The minimum Gasteiger partial charge on any atom is -0.377 e. The Bertz CT molecular complexity index is 801. The van der Waals surface area contributed by atoms with E-state index in [1.54, 1.807) is 24.3 Å². The first-order valence-corrected chi connectivity index (χ1v) is 9.41. The van der Waals surface area contributed by atoms with Crippen molar-refractivity contribution in [3.8, 4) is 0 Å². The lowest BCUT2D eigenvalue weighted by atomic mass is 10.1. The smallest absolute Gasteiger partial charge is 0.251 e. The molecule has 0 bridgehead atoms. The van der Waals surface area contributed by atoms with Gasteiger partial charge in [-0.25, -0.2) is 0 Å². The molecule has 1 aliphatic carbocycles. The van der Waals surface area contributed by atoms with Crippen molar-refractivity contribution >= 4 is 17.5 Å². The first-order chi connectivity index (χ1) is 13.1. The fraction of sp³-hybridized carbons (Fsp3) is 0.364. The highest BCUT2D eigenvalue weighted by molar-refractivity contribution is 5.98. The van der Waals surface area contributed by atoms with Crippen LogP contribution in [-0.4, -0.2) is 18.4 Å². The lowest BCUT2D eigenvalue weighted by molar-refractivity contribution is -0.117. The molecule has 0 radical (unpaired) electrons. The second kappa shape index (κ2) is 8.82. The first kappa shape index (κ1) is 19.1. The van der Waals surface area contributed by atoms with E-state index in [4.69, 9.17) is 4.74 Å². The Morgan fingerprint density at radius 2 is 1.81 bits per heavy atom. The van der Waals surface area contributed by atoms with Crippen LogP contribution < -0.4 is 10.6 Å². The van der Waals surface area contributed by atoms with Crippen LogP contribution >= 0.6 is 0 Å². The summed E-state index contributed by atoms with van der Waals surface area (Å²) in [6, 6.07) is 15.0. The number of ether oxygens (including phenoxy) is 1. The lowest BCUT2D eigenvalue weighted by Crippen LogP contribution is -2.23. The second-order valence-electron chi connectivity index (χ2n) is 7.03. The topological polar surface area (TPSA) is 67.4 Å². The molecular formula is C22H26N2O3. The number of hydrogen-bond acceptors (Lipinski definition) is 3. The minimum absolute atomic E-state index is 0.0344. The Balaban J connectivity index is 1.53. The summed E-state index contributed by atoms with van der Waals surface area (Å²) in [5.41, 5.74) is 3.33. The number of nitrogens with one attached hydrogen (secondary N) is 2. The zero-order chi connectivity index (χ0) is 19.2. The highest BCUT2D eigenvalue weighted by Gasteiger charge is 2.39. The van der Waals surface area contributed by atoms with Crippen LogP contribution in [0.3, 0.4) is 0 Å². The van der Waals surface area contributed by atoms with Gasteiger partial charge in [-0.15, -0.1) is 0 Å². The molecule has 27 heavy (non-hydrogen) atoms. The van der Waals surface area contributed by atoms with E-state index in [1.165, 1.54) is 0 Å². The average Bonchev–Trinajstić information content (AvgIpc) is 3.42. The van der Waals surface area contributed by atoms with Crippen molar-refractivity contribution in [1.82, 2.24) is 5.32 Å². The van der Waals surface area contributed by atoms with Gasteiger partial charge in [-0.3, -0.25) is 9.59 Å². The number of carbonyl (C=O) groups is 2. The number of rotatable bonds is 8. The Kier molecular flexibility index (Phi) is 6.24. The summed E-state index contributed by atoms with van der Waals surface area (Å²) in [5, 5.41) is 5.81. The van der Waals surface area contributed by atoms with Crippen LogP contribution in [0.4, 0.5) is 5.69 Å². The largest absolute Gasteiger partial charge is 0.377 e. The molecule has 2 aromatic rings. The van der Waals surface area contributed by atoms with Crippen LogP contribution in [0.25, 0.3) is 0 Å². The lowest BCUT2D eigenvalue weighted by Gasteiger charge is -2.09. The van der Waals surface area contributed by atoms with Gasteiger partial charge in [0.05, 0.1) is 6.61 Å². The molecule has 2 atom stereocenters. The standard InChI is InChI=1S/C22H26N2O3/c1-3-27-14-17-9-7-16(8-10-17)13-23-21(25)18-5-4-6-19(12-18)24-22(26)20-11-15(20)2/h4-10,12,15,20H,3,11,13-14H2,1-2H3,(H,23,25)(H,24,26)/t15-,20-/m1/s1. The molecule has 142 valence electrons. The monoisotopic (exact) mass is 366 g/mol. The highest BCUT2D eigenvalue weighted by Crippen LogP contribution is 2.38. The van der Waals surface area contributed by atoms with Gasteiger partial charge in [0.2, 0.25) is 5.91 Å². The summed E-state index contributed by atoms with van der Waals surface area (Å²) in [4.78, 5) is 24.5. The predicted molar refractivity (Wildman–Crippen MR) is 105 cm³/mol. The number of benzene rings is 2. The van der Waals surface area contributed by atoms with Crippen LogP contribution in [0.2, 0.25) is 0 Å². The van der Waals surface area contributed by atoms with Gasteiger partial charge in [-0.05, 0) is 48.6 Å². The van der Waals surface area contributed by atoms with Gasteiger partial charge in [-0.2, -0.15) is 0 Å². The fourth-order valence-electron chi connectivity index (χ4n) is 2.92. The molecule has 5 nitrogen and oxygen atoms in total. The van der Waals surface area contributed by atoms with E-state index in [0.29, 0.717) is 36.9 Å². The molecule has 0 saturated heterocycles. The Hall–Kier alpha value is -2.66. The van der Waals surface area contributed by atoms with Crippen molar-refractivity contribution in [3.63, 3.8) is 0 Å². The molecule has 0 spiro atoms. The van der Waals surface area contributed by atoms with E-state index in [1.807, 2.05) is 31.2 Å². The molecule has 5 heteroatoms. The van der Waals surface area contributed by atoms with E-state index < -0.39 is 0 Å². The maximum Gasteiger partial charge on any atom is 0.251 e. The van der Waals surface area contributed by atoms with Crippen molar-refractivity contribution in [2.24, 2.45) is 11.8 Å². The molecule has 2 N–H and O–H groups in total. The van der Waals surface area contributed by atoms with Gasteiger partial charge in [0.25, 0.3) is 5.91 Å². The molecule has 0 aliphatic heterocycles. The molecule has 2 aromatic carbocycles. The maximum atomic E-state index is 12.4. The van der Waals surface area contributed by atoms with Crippen molar-refractivity contribution < 1.29 is 14.3 Å². The van der Waals surface area contributed by atoms with E-state index in [-0.39, 0.29) is 17.7 Å². The van der Waals surface area contributed by atoms with Gasteiger partial charge in [0, 0.05) is 30.3 Å². The minimum atomic E-state index is -0.163. The number of amides is 2. The van der Waals surface area contributed by atoms with Gasteiger partial charge < -0.3 is 15.4 Å². The number of carbonyl (C=O) groups excluding carboxylic acids is 2. The number of anilines is 1. The maximum absolute atomic E-state index is 12.4. The zero-order valence-corrected chi connectivity index (χ0v) is 15.8. The van der Waals surface area contributed by atoms with Gasteiger partial charge in [0.1, 0.15) is 0 Å². The normalized spacial score (nSPS) is 18.0. The molecule has 1 aliphatic rings. The Morgan fingerprint density at radius 3 is 2.48 bits per heavy atom. The van der Waals surface area contributed by atoms with E-state index >= 15 is 0 Å². The predicted octanol–water partition coefficient (Wildman–Crippen LogP) is 3.75. The van der Waals surface area contributed by atoms with Crippen molar-refractivity contribution in [2.75, 3.05) is 11.9 Å². The van der Waals surface area contributed by atoms with Crippen molar-refractivity contribution in [1.29, 1.82) is 0 Å². The fourth-order valence-corrected chi connectivity index (χ4v) is 2.92. The number of hydrogen-bond donors (Lipinski definition) is 2. The van der Waals surface area contributed by atoms with E-state index in [2.05, 4.69) is 17.6 Å². The third kappa shape index (κ3) is 5.41. The molecular weight excluding hydrogens is 340 g/mol. The molecule has 3 rings (SSSR count). The van der Waals surface area contributed by atoms with E-state index in [9.17, 15) is 9.59 Å². The summed E-state index contributed by atoms with van der Waals surface area (Å²) < 4.78 is 5.38. The van der Waals surface area contributed by atoms with Crippen LogP contribution in [0.15, 0.2) is 48.5 Å². The Labute approximate surface area is 160 Å². The molecule has 2 amide bonds. The summed E-state index contributed by atoms with van der Waals surface area (Å²) in [6.45, 7) is 5.77.